The number of rotatable bonds is 5. The van der Waals surface area contributed by atoms with Gasteiger partial charge in [0.1, 0.15) is 0 Å². The van der Waals surface area contributed by atoms with Crippen LogP contribution in [0.4, 0.5) is 8.78 Å². The lowest BCUT2D eigenvalue weighted by Gasteiger charge is -2.07. The Hall–Kier alpha value is -1.21. The van der Waals surface area contributed by atoms with Crippen LogP contribution >= 0.6 is 15.9 Å². The van der Waals surface area contributed by atoms with E-state index in [4.69, 9.17) is 10.6 Å². The Labute approximate surface area is 105 Å². The molecule has 0 aromatic heterocycles. The summed E-state index contributed by atoms with van der Waals surface area (Å²) in [4.78, 5) is 10.8. The second kappa shape index (κ2) is 6.51. The normalized spacial score (nSPS) is 10.1. The maximum absolute atomic E-state index is 13.2. The summed E-state index contributed by atoms with van der Waals surface area (Å²) in [6.45, 7) is 0.0975. The number of halogens is 3. The van der Waals surface area contributed by atoms with Gasteiger partial charge in [0.25, 0.3) is 0 Å². The zero-order valence-corrected chi connectivity index (χ0v) is 10.4. The molecule has 0 saturated carbocycles. The van der Waals surface area contributed by atoms with E-state index in [1.54, 1.807) is 0 Å². The highest BCUT2D eigenvalue weighted by atomic mass is 79.9. The van der Waals surface area contributed by atoms with Crippen molar-refractivity contribution >= 4 is 21.8 Å². The highest BCUT2D eigenvalue weighted by molar-refractivity contribution is 9.10. The Morgan fingerprint density at radius 1 is 1.47 bits per heavy atom. The van der Waals surface area contributed by atoms with Gasteiger partial charge in [-0.15, -0.1) is 0 Å². The maximum Gasteiger partial charge on any atom is 0.234 e. The molecule has 0 saturated heterocycles. The minimum Gasteiger partial charge on any atom is -0.490 e. The largest absolute Gasteiger partial charge is 0.490 e. The highest BCUT2D eigenvalue weighted by Gasteiger charge is 2.11. The molecule has 0 bridgehead atoms. The monoisotopic (exact) mass is 308 g/mol. The summed E-state index contributed by atoms with van der Waals surface area (Å²) in [6, 6.07) is 2.32. The van der Waals surface area contributed by atoms with E-state index in [2.05, 4.69) is 15.9 Å². The molecule has 0 aliphatic rings. The van der Waals surface area contributed by atoms with Gasteiger partial charge in [-0.25, -0.2) is 10.2 Å². The van der Waals surface area contributed by atoms with Crippen LogP contribution in [-0.2, 0) is 4.79 Å². The standard InChI is InChI=1S/C10H11BrF2N2O2/c11-6-4-7(12)10(13)8(5-6)17-3-1-2-9(16)15-14/h4-5H,1-3,14H2,(H,15,16). The molecule has 1 rings (SSSR count). The third kappa shape index (κ3) is 4.27. The fourth-order valence-electron chi connectivity index (χ4n) is 1.12. The van der Waals surface area contributed by atoms with Crippen LogP contribution in [0.2, 0.25) is 0 Å². The lowest BCUT2D eigenvalue weighted by molar-refractivity contribution is -0.121. The van der Waals surface area contributed by atoms with Crippen LogP contribution in [0.1, 0.15) is 12.8 Å². The molecule has 0 spiro atoms. The molecule has 17 heavy (non-hydrogen) atoms. The number of nitrogens with two attached hydrogens (primary N) is 1. The van der Waals surface area contributed by atoms with Crippen LogP contribution < -0.4 is 16.0 Å². The van der Waals surface area contributed by atoms with E-state index in [9.17, 15) is 13.6 Å². The van der Waals surface area contributed by atoms with Crippen molar-refractivity contribution in [3.63, 3.8) is 0 Å². The summed E-state index contributed by atoms with van der Waals surface area (Å²) < 4.78 is 31.6. The fourth-order valence-corrected chi connectivity index (χ4v) is 1.53. The van der Waals surface area contributed by atoms with Crippen molar-refractivity contribution in [3.8, 4) is 5.75 Å². The van der Waals surface area contributed by atoms with Crippen molar-refractivity contribution < 1.29 is 18.3 Å². The summed E-state index contributed by atoms with van der Waals surface area (Å²) in [6.07, 6.45) is 0.519. The van der Waals surface area contributed by atoms with Gasteiger partial charge in [0.2, 0.25) is 11.7 Å². The quantitative estimate of drug-likeness (QED) is 0.287. The molecule has 0 heterocycles. The van der Waals surface area contributed by atoms with Crippen LogP contribution in [-0.4, -0.2) is 12.5 Å². The predicted molar refractivity (Wildman–Crippen MR) is 61.1 cm³/mol. The molecular formula is C10H11BrF2N2O2. The first-order chi connectivity index (χ1) is 8.04. The molecule has 94 valence electrons. The first-order valence-electron chi connectivity index (χ1n) is 4.81. The summed E-state index contributed by atoms with van der Waals surface area (Å²) in [5, 5.41) is 0. The molecule has 0 fully saturated rings. The van der Waals surface area contributed by atoms with Crippen LogP contribution in [0, 0.1) is 11.6 Å². The smallest absolute Gasteiger partial charge is 0.234 e. The van der Waals surface area contributed by atoms with Crippen molar-refractivity contribution in [2.75, 3.05) is 6.61 Å². The molecule has 0 unspecified atom stereocenters. The Bertz CT molecular complexity index is 416. The number of hydrogen-bond donors (Lipinski definition) is 2. The molecule has 0 radical (unpaired) electrons. The Kier molecular flexibility index (Phi) is 5.30. The van der Waals surface area contributed by atoms with E-state index in [0.29, 0.717) is 10.9 Å². The molecule has 4 nitrogen and oxygen atoms in total. The average Bonchev–Trinajstić information content (AvgIpc) is 2.30. The van der Waals surface area contributed by atoms with Gasteiger partial charge in [-0.2, -0.15) is 4.39 Å². The number of hydrazine groups is 1. The fraction of sp³-hybridized carbons (Fsp3) is 0.300. The number of hydrogen-bond acceptors (Lipinski definition) is 3. The second-order valence-electron chi connectivity index (χ2n) is 3.22. The second-order valence-corrected chi connectivity index (χ2v) is 4.13. The number of ether oxygens (including phenoxy) is 1. The van der Waals surface area contributed by atoms with Gasteiger partial charge in [-0.1, -0.05) is 15.9 Å². The molecule has 0 aliphatic heterocycles. The Morgan fingerprint density at radius 3 is 2.82 bits per heavy atom. The van der Waals surface area contributed by atoms with Gasteiger partial charge >= 0.3 is 0 Å². The minimum absolute atomic E-state index is 0.0975. The minimum atomic E-state index is -1.04. The average molecular weight is 309 g/mol. The van der Waals surface area contributed by atoms with Crippen molar-refractivity contribution in [1.82, 2.24) is 5.43 Å². The summed E-state index contributed by atoms with van der Waals surface area (Å²) >= 11 is 3.02. The number of nitrogens with one attached hydrogen (secondary N) is 1. The first-order valence-corrected chi connectivity index (χ1v) is 5.60. The van der Waals surface area contributed by atoms with Crippen LogP contribution in [0.5, 0.6) is 5.75 Å². The van der Waals surface area contributed by atoms with E-state index in [0.717, 1.165) is 6.07 Å². The lowest BCUT2D eigenvalue weighted by Crippen LogP contribution is -2.30. The van der Waals surface area contributed by atoms with Crippen molar-refractivity contribution in [2.45, 2.75) is 12.8 Å². The number of benzene rings is 1. The van der Waals surface area contributed by atoms with Gasteiger partial charge in [-0.3, -0.25) is 10.2 Å². The maximum atomic E-state index is 13.2. The van der Waals surface area contributed by atoms with E-state index in [1.807, 2.05) is 5.43 Å². The predicted octanol–water partition coefficient (Wildman–Crippen LogP) is 1.88. The van der Waals surface area contributed by atoms with Gasteiger partial charge in [0.15, 0.2) is 11.6 Å². The van der Waals surface area contributed by atoms with Crippen molar-refractivity contribution in [1.29, 1.82) is 0 Å². The van der Waals surface area contributed by atoms with Crippen LogP contribution in [0.25, 0.3) is 0 Å². The summed E-state index contributed by atoms with van der Waals surface area (Å²) in [5.74, 6) is 2.31. The zero-order valence-electron chi connectivity index (χ0n) is 8.80. The molecule has 0 aliphatic carbocycles. The molecule has 1 aromatic carbocycles. The van der Waals surface area contributed by atoms with Crippen molar-refractivity contribution in [3.05, 3.63) is 28.2 Å². The number of carbonyl (C=O) groups excluding carboxylic acids is 1. The molecule has 7 heteroatoms. The number of amides is 1. The van der Waals surface area contributed by atoms with E-state index in [1.165, 1.54) is 6.07 Å². The van der Waals surface area contributed by atoms with Crippen molar-refractivity contribution in [2.24, 2.45) is 5.84 Å². The Morgan fingerprint density at radius 2 is 2.18 bits per heavy atom. The zero-order chi connectivity index (χ0) is 12.8. The van der Waals surface area contributed by atoms with Crippen LogP contribution in [0.15, 0.2) is 16.6 Å². The van der Waals surface area contributed by atoms with E-state index >= 15 is 0 Å². The Balaban J connectivity index is 2.49. The van der Waals surface area contributed by atoms with E-state index < -0.39 is 11.6 Å². The summed E-state index contributed by atoms with van der Waals surface area (Å²) in [5.41, 5.74) is 1.96. The van der Waals surface area contributed by atoms with Crippen LogP contribution in [0.3, 0.4) is 0 Å². The third-order valence-electron chi connectivity index (χ3n) is 1.93. The number of carbonyl (C=O) groups is 1. The third-order valence-corrected chi connectivity index (χ3v) is 2.38. The van der Waals surface area contributed by atoms with Gasteiger partial charge in [0, 0.05) is 10.9 Å². The molecule has 1 aromatic rings. The highest BCUT2D eigenvalue weighted by Crippen LogP contribution is 2.25. The SMILES string of the molecule is NNC(=O)CCCOc1cc(Br)cc(F)c1F. The van der Waals surface area contributed by atoms with Gasteiger partial charge in [0.05, 0.1) is 6.61 Å². The van der Waals surface area contributed by atoms with E-state index in [-0.39, 0.29) is 24.7 Å². The van der Waals surface area contributed by atoms with Gasteiger partial charge < -0.3 is 4.74 Å². The molecule has 1 amide bonds. The molecule has 3 N–H and O–H groups in total. The topological polar surface area (TPSA) is 64.3 Å². The summed E-state index contributed by atoms with van der Waals surface area (Å²) in [7, 11) is 0. The van der Waals surface area contributed by atoms with Gasteiger partial charge in [-0.05, 0) is 18.6 Å². The molecular weight excluding hydrogens is 298 g/mol. The first kappa shape index (κ1) is 13.9. The molecule has 0 atom stereocenters. The lowest BCUT2D eigenvalue weighted by atomic mass is 10.3.